The molecule has 2 aromatic rings. The van der Waals surface area contributed by atoms with Gasteiger partial charge in [-0.1, -0.05) is 12.1 Å². The summed E-state index contributed by atoms with van der Waals surface area (Å²) in [4.78, 5) is 18.6. The van der Waals surface area contributed by atoms with Gasteiger partial charge in [0.2, 0.25) is 5.91 Å². The van der Waals surface area contributed by atoms with Gasteiger partial charge in [0.05, 0.1) is 30.5 Å². The third kappa shape index (κ3) is 4.33. The van der Waals surface area contributed by atoms with Crippen LogP contribution in [-0.4, -0.2) is 60.3 Å². The Labute approximate surface area is 142 Å². The molecule has 6 nitrogen and oxygen atoms in total. The average Bonchev–Trinajstić information content (AvgIpc) is 3.00. The first kappa shape index (κ1) is 16.9. The molecule has 0 atom stereocenters. The van der Waals surface area contributed by atoms with Gasteiger partial charge in [-0.3, -0.25) is 9.69 Å². The predicted molar refractivity (Wildman–Crippen MR) is 93.8 cm³/mol. The Hall–Kier alpha value is -1.92. The zero-order chi connectivity index (χ0) is 16.8. The first-order valence-corrected chi connectivity index (χ1v) is 8.64. The summed E-state index contributed by atoms with van der Waals surface area (Å²) in [6.45, 7) is 4.61. The van der Waals surface area contributed by atoms with E-state index in [0.717, 1.165) is 38.0 Å². The third-order valence-corrected chi connectivity index (χ3v) is 4.68. The first-order chi connectivity index (χ1) is 11.8. The number of ether oxygens (including phenoxy) is 1. The van der Waals surface area contributed by atoms with Gasteiger partial charge < -0.3 is 14.6 Å². The van der Waals surface area contributed by atoms with Gasteiger partial charge in [-0.15, -0.1) is 0 Å². The fourth-order valence-corrected chi connectivity index (χ4v) is 3.31. The maximum Gasteiger partial charge on any atom is 0.234 e. The SMILES string of the molecule is COCCNC(=O)CN1CCC(Cn2cnc3ccccc32)CC1. The molecule has 1 N–H and O–H groups in total. The van der Waals surface area contributed by atoms with Crippen molar-refractivity contribution in [1.29, 1.82) is 0 Å². The molecule has 130 valence electrons. The van der Waals surface area contributed by atoms with E-state index in [1.807, 2.05) is 12.4 Å². The summed E-state index contributed by atoms with van der Waals surface area (Å²) in [7, 11) is 1.64. The molecule has 6 heteroatoms. The summed E-state index contributed by atoms with van der Waals surface area (Å²) in [5, 5.41) is 2.88. The van der Waals surface area contributed by atoms with Crippen LogP contribution in [0.25, 0.3) is 11.0 Å². The van der Waals surface area contributed by atoms with Crippen LogP contribution in [0.5, 0.6) is 0 Å². The van der Waals surface area contributed by atoms with Gasteiger partial charge in [-0.05, 0) is 44.0 Å². The molecule has 1 aliphatic heterocycles. The number of benzene rings is 1. The molecule has 1 amide bonds. The Kier molecular flexibility index (Phi) is 5.82. The lowest BCUT2D eigenvalue weighted by molar-refractivity contribution is -0.122. The number of methoxy groups -OCH3 is 1. The number of piperidine rings is 1. The first-order valence-electron chi connectivity index (χ1n) is 8.64. The molecular weight excluding hydrogens is 304 g/mol. The number of amides is 1. The topological polar surface area (TPSA) is 59.4 Å². The maximum absolute atomic E-state index is 11.8. The van der Waals surface area contributed by atoms with E-state index >= 15 is 0 Å². The normalized spacial score (nSPS) is 16.5. The van der Waals surface area contributed by atoms with E-state index in [9.17, 15) is 4.79 Å². The van der Waals surface area contributed by atoms with Crippen LogP contribution in [0.2, 0.25) is 0 Å². The van der Waals surface area contributed by atoms with Crippen molar-refractivity contribution in [3.63, 3.8) is 0 Å². The van der Waals surface area contributed by atoms with E-state index in [0.29, 0.717) is 25.6 Å². The monoisotopic (exact) mass is 330 g/mol. The Balaban J connectivity index is 1.44. The van der Waals surface area contributed by atoms with Crippen LogP contribution < -0.4 is 5.32 Å². The van der Waals surface area contributed by atoms with Crippen molar-refractivity contribution in [2.24, 2.45) is 5.92 Å². The number of fused-ring (bicyclic) bond motifs is 1. The highest BCUT2D eigenvalue weighted by Crippen LogP contribution is 2.21. The van der Waals surface area contributed by atoms with Crippen LogP contribution in [0.4, 0.5) is 0 Å². The van der Waals surface area contributed by atoms with Crippen LogP contribution in [0, 0.1) is 5.92 Å². The van der Waals surface area contributed by atoms with Crippen molar-refractivity contribution in [1.82, 2.24) is 19.8 Å². The summed E-state index contributed by atoms with van der Waals surface area (Å²) in [6.07, 6.45) is 4.19. The van der Waals surface area contributed by atoms with Crippen molar-refractivity contribution in [2.45, 2.75) is 19.4 Å². The van der Waals surface area contributed by atoms with Gasteiger partial charge in [-0.2, -0.15) is 0 Å². The largest absolute Gasteiger partial charge is 0.383 e. The Morgan fingerprint density at radius 2 is 2.12 bits per heavy atom. The summed E-state index contributed by atoms with van der Waals surface area (Å²) in [5.74, 6) is 0.738. The van der Waals surface area contributed by atoms with Crippen molar-refractivity contribution < 1.29 is 9.53 Å². The third-order valence-electron chi connectivity index (χ3n) is 4.68. The fraction of sp³-hybridized carbons (Fsp3) is 0.556. The smallest absolute Gasteiger partial charge is 0.234 e. The molecule has 24 heavy (non-hydrogen) atoms. The molecule has 1 aliphatic rings. The van der Waals surface area contributed by atoms with E-state index in [1.54, 1.807) is 7.11 Å². The summed E-state index contributed by atoms with van der Waals surface area (Å²) >= 11 is 0. The molecule has 2 heterocycles. The Bertz CT molecular complexity index is 662. The molecule has 0 saturated carbocycles. The lowest BCUT2D eigenvalue weighted by atomic mass is 9.96. The number of para-hydroxylation sites is 2. The minimum atomic E-state index is 0.0890. The molecule has 0 radical (unpaired) electrons. The van der Waals surface area contributed by atoms with Crippen LogP contribution in [-0.2, 0) is 16.1 Å². The minimum absolute atomic E-state index is 0.0890. The molecule has 1 aromatic carbocycles. The highest BCUT2D eigenvalue weighted by molar-refractivity contribution is 5.78. The lowest BCUT2D eigenvalue weighted by Gasteiger charge is -2.31. The van der Waals surface area contributed by atoms with E-state index in [-0.39, 0.29) is 5.91 Å². The van der Waals surface area contributed by atoms with Crippen LogP contribution in [0.3, 0.4) is 0 Å². The van der Waals surface area contributed by atoms with Crippen LogP contribution in [0.15, 0.2) is 30.6 Å². The lowest BCUT2D eigenvalue weighted by Crippen LogP contribution is -2.42. The van der Waals surface area contributed by atoms with E-state index in [1.165, 1.54) is 5.52 Å². The standard InChI is InChI=1S/C18H26N4O2/c1-24-11-8-19-18(23)13-21-9-6-15(7-10-21)12-22-14-20-16-4-2-3-5-17(16)22/h2-5,14-15H,6-13H2,1H3,(H,19,23). The van der Waals surface area contributed by atoms with Gasteiger partial charge in [-0.25, -0.2) is 4.98 Å². The van der Waals surface area contributed by atoms with Crippen molar-refractivity contribution in [2.75, 3.05) is 39.9 Å². The van der Waals surface area contributed by atoms with E-state index in [4.69, 9.17) is 4.74 Å². The molecule has 0 unspecified atom stereocenters. The Morgan fingerprint density at radius 1 is 1.33 bits per heavy atom. The summed E-state index contributed by atoms with van der Waals surface area (Å²) in [6, 6.07) is 8.26. The molecule has 0 spiro atoms. The summed E-state index contributed by atoms with van der Waals surface area (Å²) < 4.78 is 7.20. The number of rotatable bonds is 7. The van der Waals surface area contributed by atoms with E-state index < -0.39 is 0 Å². The summed E-state index contributed by atoms with van der Waals surface area (Å²) in [5.41, 5.74) is 2.26. The number of hydrogen-bond acceptors (Lipinski definition) is 4. The van der Waals surface area contributed by atoms with Gasteiger partial charge in [0, 0.05) is 20.2 Å². The second-order valence-electron chi connectivity index (χ2n) is 6.45. The minimum Gasteiger partial charge on any atom is -0.383 e. The number of carbonyl (C=O) groups is 1. The zero-order valence-corrected chi connectivity index (χ0v) is 14.3. The number of nitrogens with zero attached hydrogens (tertiary/aromatic N) is 3. The van der Waals surface area contributed by atoms with Crippen molar-refractivity contribution in [3.05, 3.63) is 30.6 Å². The number of nitrogens with one attached hydrogen (secondary N) is 1. The maximum atomic E-state index is 11.8. The van der Waals surface area contributed by atoms with E-state index in [2.05, 4.69) is 38.0 Å². The van der Waals surface area contributed by atoms with Crippen molar-refractivity contribution >= 4 is 16.9 Å². The number of hydrogen-bond donors (Lipinski definition) is 1. The highest BCUT2D eigenvalue weighted by Gasteiger charge is 2.21. The molecule has 1 fully saturated rings. The molecule has 1 saturated heterocycles. The zero-order valence-electron chi connectivity index (χ0n) is 14.3. The van der Waals surface area contributed by atoms with Gasteiger partial charge in [0.25, 0.3) is 0 Å². The van der Waals surface area contributed by atoms with Gasteiger partial charge in [0.1, 0.15) is 0 Å². The van der Waals surface area contributed by atoms with Crippen LogP contribution in [0.1, 0.15) is 12.8 Å². The molecule has 0 bridgehead atoms. The number of carbonyl (C=O) groups excluding carboxylic acids is 1. The number of imidazole rings is 1. The number of likely N-dealkylation sites (tertiary alicyclic amines) is 1. The quantitative estimate of drug-likeness (QED) is 0.782. The molecule has 1 aromatic heterocycles. The second kappa shape index (κ2) is 8.26. The molecule has 0 aliphatic carbocycles. The molecule has 3 rings (SSSR count). The average molecular weight is 330 g/mol. The van der Waals surface area contributed by atoms with Crippen molar-refractivity contribution in [3.8, 4) is 0 Å². The van der Waals surface area contributed by atoms with Gasteiger partial charge >= 0.3 is 0 Å². The molecular formula is C18H26N4O2. The predicted octanol–water partition coefficient (Wildman–Crippen LogP) is 1.51. The Morgan fingerprint density at radius 3 is 2.92 bits per heavy atom. The highest BCUT2D eigenvalue weighted by atomic mass is 16.5. The second-order valence-corrected chi connectivity index (χ2v) is 6.45. The van der Waals surface area contributed by atoms with Gasteiger partial charge in [0.15, 0.2) is 0 Å². The number of aromatic nitrogens is 2. The van der Waals surface area contributed by atoms with Crippen LogP contribution >= 0.6 is 0 Å². The fourth-order valence-electron chi connectivity index (χ4n) is 3.31.